The Balaban J connectivity index is 1.67. The van der Waals surface area contributed by atoms with Gasteiger partial charge in [-0.05, 0) is 36.8 Å². The van der Waals surface area contributed by atoms with Crippen molar-refractivity contribution in [2.45, 2.75) is 25.1 Å². The van der Waals surface area contributed by atoms with Crippen LogP contribution in [0.4, 0.5) is 19.0 Å². The minimum absolute atomic E-state index is 0.113. The van der Waals surface area contributed by atoms with Crippen molar-refractivity contribution < 1.29 is 32.7 Å². The zero-order chi connectivity index (χ0) is 28.6. The van der Waals surface area contributed by atoms with Crippen molar-refractivity contribution >= 4 is 23.6 Å². The standard InChI is InChI=1S/C27H21F3N6O4/c1-2-35-24-18(14-32-36(24)15-8-4-3-5-9-15)20(16-10-6-7-11-17(16)26(39)40)21(25(35)38)34-23(37)22-31-13-12-19(33-22)27(28,29)30/h3-14,20-21H,2H2,1H3,(H,34,37)(H,39,40)/t20-,21+/m1/s1. The van der Waals surface area contributed by atoms with Crippen molar-refractivity contribution in [3.63, 3.8) is 0 Å². The van der Waals surface area contributed by atoms with Gasteiger partial charge in [0.25, 0.3) is 11.8 Å². The summed E-state index contributed by atoms with van der Waals surface area (Å²) >= 11 is 0. The lowest BCUT2D eigenvalue weighted by Crippen LogP contribution is -2.55. The molecule has 2 amide bonds. The topological polar surface area (TPSA) is 130 Å². The van der Waals surface area contributed by atoms with Crippen LogP contribution in [0.5, 0.6) is 0 Å². The second-order valence-corrected chi connectivity index (χ2v) is 8.84. The number of alkyl halides is 3. The van der Waals surface area contributed by atoms with Crippen LogP contribution in [0.1, 0.15) is 50.6 Å². The first-order chi connectivity index (χ1) is 19.1. The number of aromatic nitrogens is 4. The summed E-state index contributed by atoms with van der Waals surface area (Å²) in [6.45, 7) is 1.87. The number of hydrogen-bond acceptors (Lipinski definition) is 6. The Bertz CT molecular complexity index is 1610. The van der Waals surface area contributed by atoms with E-state index in [9.17, 15) is 32.7 Å². The number of nitrogens with one attached hydrogen (secondary N) is 1. The average Bonchev–Trinajstić information content (AvgIpc) is 3.38. The third kappa shape index (κ3) is 4.65. The molecule has 13 heteroatoms. The Morgan fingerprint density at radius 1 is 1.02 bits per heavy atom. The zero-order valence-corrected chi connectivity index (χ0v) is 20.8. The van der Waals surface area contributed by atoms with Crippen molar-refractivity contribution in [2.75, 3.05) is 11.4 Å². The predicted molar refractivity (Wildman–Crippen MR) is 135 cm³/mol. The molecule has 1 aliphatic rings. The van der Waals surface area contributed by atoms with Crippen molar-refractivity contribution in [1.82, 2.24) is 25.1 Å². The number of likely N-dealkylation sites (N-methyl/N-ethyl adjacent to an activating group) is 1. The molecule has 0 aliphatic carbocycles. The van der Waals surface area contributed by atoms with Crippen LogP contribution in [0.15, 0.2) is 73.1 Å². The number of hydrogen-bond donors (Lipinski definition) is 2. The molecule has 0 fully saturated rings. The third-order valence-electron chi connectivity index (χ3n) is 6.51. The molecule has 1 aliphatic heterocycles. The average molecular weight is 550 g/mol. The molecule has 0 unspecified atom stereocenters. The molecule has 3 heterocycles. The number of benzene rings is 2. The van der Waals surface area contributed by atoms with E-state index in [1.54, 1.807) is 41.9 Å². The summed E-state index contributed by atoms with van der Waals surface area (Å²) in [6.07, 6.45) is -2.53. The largest absolute Gasteiger partial charge is 0.478 e. The summed E-state index contributed by atoms with van der Waals surface area (Å²) in [5, 5.41) is 16.9. The number of fused-ring (bicyclic) bond motifs is 1. The monoisotopic (exact) mass is 550 g/mol. The van der Waals surface area contributed by atoms with Gasteiger partial charge >= 0.3 is 12.1 Å². The number of carboxylic acids is 1. The molecule has 40 heavy (non-hydrogen) atoms. The normalized spacial score (nSPS) is 16.9. The van der Waals surface area contributed by atoms with Gasteiger partial charge in [0, 0.05) is 24.2 Å². The van der Waals surface area contributed by atoms with Gasteiger partial charge < -0.3 is 10.4 Å². The SMILES string of the molecule is CCN1C(=O)[C@@H](NC(=O)c2nccc(C(F)(F)F)n2)[C@H](c2ccccc2C(=O)O)c2cnn(-c3ccccc3)c21. The third-order valence-corrected chi connectivity index (χ3v) is 6.51. The summed E-state index contributed by atoms with van der Waals surface area (Å²) in [5.41, 5.74) is -0.146. The Kier molecular flexibility index (Phi) is 6.80. The maximum Gasteiger partial charge on any atom is 0.433 e. The van der Waals surface area contributed by atoms with Gasteiger partial charge in [0.15, 0.2) is 0 Å². The van der Waals surface area contributed by atoms with Gasteiger partial charge in [-0.25, -0.2) is 19.4 Å². The predicted octanol–water partition coefficient (Wildman–Crippen LogP) is 3.68. The van der Waals surface area contributed by atoms with Crippen molar-refractivity contribution in [2.24, 2.45) is 0 Å². The van der Waals surface area contributed by atoms with E-state index in [1.165, 1.54) is 29.3 Å². The number of nitrogens with zero attached hydrogens (tertiary/aromatic N) is 5. The highest BCUT2D eigenvalue weighted by Crippen LogP contribution is 2.42. The lowest BCUT2D eigenvalue weighted by molar-refractivity contribution is -0.141. The van der Waals surface area contributed by atoms with Gasteiger partial charge in [0.2, 0.25) is 5.82 Å². The molecule has 0 radical (unpaired) electrons. The van der Waals surface area contributed by atoms with Gasteiger partial charge in [-0.2, -0.15) is 18.3 Å². The summed E-state index contributed by atoms with van der Waals surface area (Å²) in [6, 6.07) is 14.2. The lowest BCUT2D eigenvalue weighted by Gasteiger charge is -2.38. The molecule has 2 N–H and O–H groups in total. The Morgan fingerprint density at radius 2 is 1.73 bits per heavy atom. The second kappa shape index (κ2) is 10.2. The highest BCUT2D eigenvalue weighted by atomic mass is 19.4. The van der Waals surface area contributed by atoms with Crippen LogP contribution in [0.2, 0.25) is 0 Å². The van der Waals surface area contributed by atoms with Crippen molar-refractivity contribution in [3.05, 3.63) is 101 Å². The van der Waals surface area contributed by atoms with E-state index in [0.29, 0.717) is 23.1 Å². The summed E-state index contributed by atoms with van der Waals surface area (Å²) < 4.78 is 41.2. The van der Waals surface area contributed by atoms with Gasteiger partial charge in [-0.1, -0.05) is 36.4 Å². The Labute approximate surface area is 225 Å². The molecule has 0 spiro atoms. The molecule has 2 atom stereocenters. The molecule has 0 saturated carbocycles. The molecule has 0 saturated heterocycles. The van der Waals surface area contributed by atoms with Crippen LogP contribution in [-0.2, 0) is 11.0 Å². The summed E-state index contributed by atoms with van der Waals surface area (Å²) in [5.74, 6) is -4.46. The fourth-order valence-corrected chi connectivity index (χ4v) is 4.79. The number of aromatic carboxylic acids is 1. The molecule has 0 bridgehead atoms. The van der Waals surface area contributed by atoms with Gasteiger partial charge in [0.05, 0.1) is 17.4 Å². The van der Waals surface area contributed by atoms with E-state index < -0.39 is 47.4 Å². The van der Waals surface area contributed by atoms with Crippen LogP contribution < -0.4 is 10.2 Å². The molecular weight excluding hydrogens is 529 g/mol. The lowest BCUT2D eigenvalue weighted by atomic mass is 9.80. The smallest absolute Gasteiger partial charge is 0.433 e. The van der Waals surface area contributed by atoms with Crippen molar-refractivity contribution in [3.8, 4) is 5.69 Å². The number of amides is 2. The van der Waals surface area contributed by atoms with E-state index in [-0.39, 0.29) is 17.7 Å². The molecule has 5 rings (SSSR count). The van der Waals surface area contributed by atoms with E-state index in [4.69, 9.17) is 0 Å². The van der Waals surface area contributed by atoms with E-state index >= 15 is 0 Å². The van der Waals surface area contributed by atoms with Gasteiger partial charge in [0.1, 0.15) is 17.6 Å². The number of carboxylic acid groups (broad SMARTS) is 1. The van der Waals surface area contributed by atoms with Crippen LogP contribution in [0.3, 0.4) is 0 Å². The highest BCUT2D eigenvalue weighted by molar-refractivity contribution is 6.05. The maximum absolute atomic E-state index is 14.0. The molecule has 4 aromatic rings. The van der Waals surface area contributed by atoms with Gasteiger partial charge in [-0.3, -0.25) is 14.5 Å². The number of halogens is 3. The fraction of sp³-hybridized carbons (Fsp3) is 0.185. The molecular formula is C27H21F3N6O4. The Hall–Kier alpha value is -5.07. The first-order valence-electron chi connectivity index (χ1n) is 12.1. The molecule has 10 nitrogen and oxygen atoms in total. The number of carbonyl (C=O) groups excluding carboxylic acids is 2. The minimum Gasteiger partial charge on any atom is -0.478 e. The van der Waals surface area contributed by atoms with Crippen LogP contribution in [0, 0.1) is 0 Å². The quantitative estimate of drug-likeness (QED) is 0.375. The molecule has 2 aromatic carbocycles. The molecule has 2 aromatic heterocycles. The number of rotatable bonds is 6. The van der Waals surface area contributed by atoms with E-state index in [2.05, 4.69) is 20.4 Å². The zero-order valence-electron chi connectivity index (χ0n) is 20.8. The first kappa shape index (κ1) is 26.5. The highest BCUT2D eigenvalue weighted by Gasteiger charge is 2.45. The van der Waals surface area contributed by atoms with Crippen LogP contribution in [0.25, 0.3) is 5.69 Å². The molecule has 204 valence electrons. The van der Waals surface area contributed by atoms with Crippen LogP contribution in [-0.4, -0.2) is 55.2 Å². The van der Waals surface area contributed by atoms with E-state index in [0.717, 1.165) is 6.20 Å². The fourth-order valence-electron chi connectivity index (χ4n) is 4.79. The Morgan fingerprint density at radius 3 is 2.40 bits per heavy atom. The maximum atomic E-state index is 14.0. The number of anilines is 1. The van der Waals surface area contributed by atoms with Gasteiger partial charge in [-0.15, -0.1) is 0 Å². The second-order valence-electron chi connectivity index (χ2n) is 8.84. The summed E-state index contributed by atoms with van der Waals surface area (Å²) in [7, 11) is 0. The number of para-hydroxylation sites is 1. The number of carbonyl (C=O) groups is 3. The minimum atomic E-state index is -4.82. The van der Waals surface area contributed by atoms with E-state index in [1.807, 2.05) is 6.07 Å². The summed E-state index contributed by atoms with van der Waals surface area (Å²) in [4.78, 5) is 47.6. The van der Waals surface area contributed by atoms with Crippen molar-refractivity contribution in [1.29, 1.82) is 0 Å². The first-order valence-corrected chi connectivity index (χ1v) is 12.1. The van der Waals surface area contributed by atoms with Crippen LogP contribution >= 0.6 is 0 Å².